The van der Waals surface area contributed by atoms with E-state index in [1.165, 1.54) is 11.1 Å². The van der Waals surface area contributed by atoms with Crippen LogP contribution in [0.1, 0.15) is 94.7 Å². The fourth-order valence-electron chi connectivity index (χ4n) is 7.50. The van der Waals surface area contributed by atoms with E-state index in [1.807, 2.05) is 26.1 Å². The summed E-state index contributed by atoms with van der Waals surface area (Å²) in [5.74, 6) is 0.666. The Balaban J connectivity index is 0.00000420. The third-order valence-corrected chi connectivity index (χ3v) is 10.3. The van der Waals surface area contributed by atoms with Crippen LogP contribution in [0, 0.1) is 32.9 Å². The summed E-state index contributed by atoms with van der Waals surface area (Å²) in [6.45, 7) is 19.3. The number of nitrogens with zero attached hydrogens (tertiary/aromatic N) is 3. The summed E-state index contributed by atoms with van der Waals surface area (Å²) in [4.78, 5) is 9.84. The van der Waals surface area contributed by atoms with Crippen LogP contribution in [0.25, 0.3) is 38.8 Å². The average Bonchev–Trinajstić information content (AvgIpc) is 3.60. The molecule has 4 nitrogen and oxygen atoms in total. The molecule has 256 valence electrons. The minimum Gasteiger partial charge on any atom is -0.512 e. The maximum atomic E-state index is 9.37. The minimum absolute atomic E-state index is 0. The van der Waals surface area contributed by atoms with Gasteiger partial charge in [-0.1, -0.05) is 87.0 Å². The number of hydrogen-bond acceptors (Lipinski definition) is 3. The first kappa shape index (κ1) is 31.9. The van der Waals surface area contributed by atoms with E-state index in [2.05, 4.69) is 126 Å². The van der Waals surface area contributed by atoms with Gasteiger partial charge in [-0.05, 0) is 102 Å². The van der Waals surface area contributed by atoms with Gasteiger partial charge >= 0.3 is 21.1 Å². The van der Waals surface area contributed by atoms with Crippen LogP contribution < -0.4 is 0 Å². The van der Waals surface area contributed by atoms with Crippen molar-refractivity contribution < 1.29 is 28.5 Å². The predicted octanol–water partition coefficient (Wildman–Crippen LogP) is 10.5. The Morgan fingerprint density at radius 1 is 0.920 bits per heavy atom. The van der Waals surface area contributed by atoms with E-state index in [0.717, 1.165) is 72.1 Å². The molecule has 3 heterocycles. The zero-order valence-corrected chi connectivity index (χ0v) is 32.6. The molecule has 0 saturated carbocycles. The fraction of sp³-hybridized carbons (Fsp3) is 0.333. The van der Waals surface area contributed by atoms with Crippen molar-refractivity contribution in [3.05, 3.63) is 130 Å². The predicted molar refractivity (Wildman–Crippen MR) is 202 cm³/mol. The molecule has 0 bridgehead atoms. The van der Waals surface area contributed by atoms with Gasteiger partial charge in [0.15, 0.2) is 0 Å². The van der Waals surface area contributed by atoms with Gasteiger partial charge in [0, 0.05) is 20.9 Å². The van der Waals surface area contributed by atoms with Crippen LogP contribution in [-0.4, -0.2) is 27.1 Å². The number of aliphatic imine (C=N–C) groups is 1. The normalized spacial score (nSPS) is 20.1. The van der Waals surface area contributed by atoms with Crippen molar-refractivity contribution in [2.45, 2.75) is 98.1 Å². The Labute approximate surface area is 314 Å². The maximum Gasteiger partial charge on any atom is 2.00 e. The van der Waals surface area contributed by atoms with Gasteiger partial charge in [0.25, 0.3) is 0 Å². The molecule has 5 heteroatoms. The van der Waals surface area contributed by atoms with Gasteiger partial charge in [-0.25, -0.2) is 0 Å². The molecule has 4 aromatic carbocycles. The van der Waals surface area contributed by atoms with E-state index >= 15 is 0 Å². The standard InChI is InChI=1S/C45H45N3O.Pt/c1-26(2)31-19-33(43-47-42-23-32-17-28(4)16-29(5)38(32)25-45(42,9)49-43)21-35(20-31)48-40-13-10-27(3)18-37(40)36-12-11-30(22-41(36)48)39-24-34(14-15-46-39)44(6,7)8;/h10-20,24,26,42H,23,25H2,1-9H3;/q-2;+2/t42-,45-;/m0./s1/i23D2;. The van der Waals surface area contributed by atoms with Gasteiger partial charge in [-0.2, -0.15) is 0 Å². The molecule has 0 spiro atoms. The number of pyridine rings is 1. The second kappa shape index (κ2) is 12.3. The molecular formula is C45H45N3OPt. The smallest absolute Gasteiger partial charge is 0.512 e. The first-order chi connectivity index (χ1) is 24.0. The molecule has 2 atom stereocenters. The molecule has 0 unspecified atom stereocenters. The Kier molecular flexibility index (Phi) is 7.88. The van der Waals surface area contributed by atoms with Crippen LogP contribution in [-0.2, 0) is 44.0 Å². The second-order valence-corrected chi connectivity index (χ2v) is 15.7. The maximum absolute atomic E-state index is 9.37. The van der Waals surface area contributed by atoms with Crippen molar-refractivity contribution in [1.29, 1.82) is 0 Å². The average molecular weight is 841 g/mol. The van der Waals surface area contributed by atoms with Crippen molar-refractivity contribution in [2.75, 3.05) is 0 Å². The number of hydrogen-bond donors (Lipinski definition) is 0. The van der Waals surface area contributed by atoms with Crippen LogP contribution in [0.4, 0.5) is 0 Å². The number of benzene rings is 4. The van der Waals surface area contributed by atoms with E-state index < -0.39 is 18.0 Å². The fourth-order valence-corrected chi connectivity index (χ4v) is 7.50. The topological polar surface area (TPSA) is 39.4 Å². The van der Waals surface area contributed by atoms with Crippen molar-refractivity contribution in [2.24, 2.45) is 4.99 Å². The van der Waals surface area contributed by atoms with Gasteiger partial charge in [-0.3, -0.25) is 4.99 Å². The van der Waals surface area contributed by atoms with E-state index in [9.17, 15) is 2.74 Å². The summed E-state index contributed by atoms with van der Waals surface area (Å²) in [5.41, 5.74) is 12.1. The Morgan fingerprint density at radius 2 is 1.72 bits per heavy atom. The largest absolute Gasteiger partial charge is 2.00 e. The number of rotatable bonds is 4. The number of fused-ring (bicyclic) bond motifs is 5. The van der Waals surface area contributed by atoms with Crippen LogP contribution in [0.3, 0.4) is 0 Å². The Bertz CT molecular complexity index is 2440. The SMILES string of the molecule is [2H]C1([2H])c2cc(C)cc(C)c2C[C@]2(C)OC(c3[c-]c(-n4c5[c-]c(-c6cc(C(C)(C)C)ccn6)ccc5c5cc(C)ccc54)cc(C(C)C)c3)=N[C@@H]12.[Pt+2]. The van der Waals surface area contributed by atoms with Crippen LogP contribution >= 0.6 is 0 Å². The van der Waals surface area contributed by atoms with Gasteiger partial charge in [0.1, 0.15) is 11.5 Å². The van der Waals surface area contributed by atoms with E-state index in [4.69, 9.17) is 14.7 Å². The van der Waals surface area contributed by atoms with Crippen LogP contribution in [0.15, 0.2) is 77.9 Å². The molecule has 0 amide bonds. The van der Waals surface area contributed by atoms with Gasteiger partial charge < -0.3 is 14.3 Å². The molecule has 1 aliphatic heterocycles. The molecule has 8 rings (SSSR count). The van der Waals surface area contributed by atoms with E-state index in [1.54, 1.807) is 0 Å². The molecule has 50 heavy (non-hydrogen) atoms. The Morgan fingerprint density at radius 3 is 2.48 bits per heavy atom. The van der Waals surface area contributed by atoms with Crippen LogP contribution in [0.5, 0.6) is 0 Å². The molecular weight excluding hydrogens is 794 g/mol. The second-order valence-electron chi connectivity index (χ2n) is 15.7. The number of ether oxygens (including phenoxy) is 1. The summed E-state index contributed by atoms with van der Waals surface area (Å²) < 4.78 is 27.8. The first-order valence-electron chi connectivity index (χ1n) is 18.4. The van der Waals surface area contributed by atoms with Crippen molar-refractivity contribution >= 4 is 27.7 Å². The number of aromatic nitrogens is 2. The molecule has 0 fully saturated rings. The number of aryl methyl sites for hydroxylation is 3. The van der Waals surface area contributed by atoms with Crippen molar-refractivity contribution in [3.63, 3.8) is 0 Å². The molecule has 1 aliphatic carbocycles. The molecule has 0 saturated heterocycles. The van der Waals surface area contributed by atoms with Gasteiger partial charge in [-0.15, -0.1) is 47.5 Å². The monoisotopic (exact) mass is 840 g/mol. The molecule has 0 N–H and O–H groups in total. The summed E-state index contributed by atoms with van der Waals surface area (Å²) in [5, 5.41) is 2.26. The summed E-state index contributed by atoms with van der Waals surface area (Å²) in [6, 6.07) is 30.4. The molecule has 0 radical (unpaired) electrons. The quantitative estimate of drug-likeness (QED) is 0.166. The van der Waals surface area contributed by atoms with E-state index in [0.29, 0.717) is 12.3 Å². The molecule has 2 aliphatic rings. The van der Waals surface area contributed by atoms with Gasteiger partial charge in [0.05, 0.1) is 6.04 Å². The van der Waals surface area contributed by atoms with Gasteiger partial charge in [0.2, 0.25) is 0 Å². The van der Waals surface area contributed by atoms with E-state index in [-0.39, 0.29) is 32.4 Å². The summed E-state index contributed by atoms with van der Waals surface area (Å²) >= 11 is 0. The molecule has 6 aromatic rings. The summed E-state index contributed by atoms with van der Waals surface area (Å²) in [7, 11) is 0. The Hall–Kier alpha value is -4.01. The van der Waals surface area contributed by atoms with Crippen LogP contribution in [0.2, 0.25) is 0 Å². The summed E-state index contributed by atoms with van der Waals surface area (Å²) in [6.07, 6.45) is 0.799. The zero-order valence-electron chi connectivity index (χ0n) is 32.4. The third-order valence-electron chi connectivity index (χ3n) is 10.3. The zero-order chi connectivity index (χ0) is 36.2. The van der Waals surface area contributed by atoms with Crippen molar-refractivity contribution in [1.82, 2.24) is 9.55 Å². The minimum atomic E-state index is -1.69. The first-order valence-corrected chi connectivity index (χ1v) is 17.4. The van der Waals surface area contributed by atoms with Crippen molar-refractivity contribution in [3.8, 4) is 16.9 Å². The third kappa shape index (κ3) is 5.84. The molecule has 2 aromatic heterocycles.